The number of rotatable bonds is 3. The fraction of sp³-hybridized carbons (Fsp3) is 0.231. The zero-order chi connectivity index (χ0) is 14.0. The van der Waals surface area contributed by atoms with Crippen LogP contribution in [0.3, 0.4) is 0 Å². The number of pyridine rings is 1. The van der Waals surface area contributed by atoms with E-state index in [2.05, 4.69) is 4.98 Å². The van der Waals surface area contributed by atoms with Crippen molar-refractivity contribution in [3.05, 3.63) is 39.9 Å². The van der Waals surface area contributed by atoms with Gasteiger partial charge in [0.15, 0.2) is 0 Å². The van der Waals surface area contributed by atoms with Crippen LogP contribution in [0.2, 0.25) is 0 Å². The van der Waals surface area contributed by atoms with Crippen LogP contribution in [0, 0.1) is 5.82 Å². The van der Waals surface area contributed by atoms with Crippen LogP contribution in [0.4, 0.5) is 4.39 Å². The Balaban J connectivity index is 2.72. The highest BCUT2D eigenvalue weighted by Gasteiger charge is 2.16. The van der Waals surface area contributed by atoms with Crippen molar-refractivity contribution in [2.24, 2.45) is 0 Å². The van der Waals surface area contributed by atoms with Crippen LogP contribution in [0.15, 0.2) is 23.1 Å². The Labute approximate surface area is 108 Å². The second-order valence-electron chi connectivity index (χ2n) is 3.78. The lowest BCUT2D eigenvalue weighted by atomic mass is 10.1. The van der Waals surface area contributed by atoms with Crippen LogP contribution in [0.5, 0.6) is 5.75 Å². The highest BCUT2D eigenvalue weighted by molar-refractivity contribution is 5.94. The van der Waals surface area contributed by atoms with Crippen molar-refractivity contribution in [1.82, 2.24) is 4.98 Å². The second kappa shape index (κ2) is 5.09. The first-order valence-corrected chi connectivity index (χ1v) is 5.64. The molecule has 2 rings (SSSR count). The molecule has 0 fully saturated rings. The minimum atomic E-state index is -0.742. The maximum absolute atomic E-state index is 13.4. The summed E-state index contributed by atoms with van der Waals surface area (Å²) in [4.78, 5) is 26.5. The van der Waals surface area contributed by atoms with Crippen molar-refractivity contribution in [2.45, 2.75) is 6.92 Å². The van der Waals surface area contributed by atoms with Crippen LogP contribution in [0.25, 0.3) is 10.9 Å². The Bertz CT molecular complexity index is 693. The van der Waals surface area contributed by atoms with Gasteiger partial charge in [0.2, 0.25) is 5.43 Å². The molecule has 0 saturated carbocycles. The van der Waals surface area contributed by atoms with Crippen LogP contribution >= 0.6 is 0 Å². The lowest BCUT2D eigenvalue weighted by molar-refractivity contribution is 0.0524. The van der Waals surface area contributed by atoms with E-state index in [1.165, 1.54) is 13.3 Å². The average molecular weight is 265 g/mol. The molecule has 1 aromatic heterocycles. The average Bonchev–Trinajstić information content (AvgIpc) is 2.39. The molecular formula is C13H12FNO4. The van der Waals surface area contributed by atoms with E-state index in [0.29, 0.717) is 5.52 Å². The molecule has 0 atom stereocenters. The van der Waals surface area contributed by atoms with E-state index in [1.54, 1.807) is 6.92 Å². The molecule has 100 valence electrons. The third-order valence-electron chi connectivity index (χ3n) is 2.63. The van der Waals surface area contributed by atoms with E-state index in [1.807, 2.05) is 0 Å². The SMILES string of the molecule is CCOC(=O)c1c[nH]c2c(OC)cc(F)cc2c1=O. The molecule has 0 saturated heterocycles. The number of fused-ring (bicyclic) bond motifs is 1. The number of ether oxygens (including phenoxy) is 2. The van der Waals surface area contributed by atoms with Crippen molar-refractivity contribution in [1.29, 1.82) is 0 Å². The van der Waals surface area contributed by atoms with Crippen LogP contribution in [0.1, 0.15) is 17.3 Å². The first kappa shape index (κ1) is 13.1. The third kappa shape index (κ3) is 2.29. The van der Waals surface area contributed by atoms with E-state index >= 15 is 0 Å². The number of nitrogens with one attached hydrogen (secondary N) is 1. The van der Waals surface area contributed by atoms with Crippen molar-refractivity contribution in [2.75, 3.05) is 13.7 Å². The lowest BCUT2D eigenvalue weighted by Crippen LogP contribution is -2.18. The summed E-state index contributed by atoms with van der Waals surface area (Å²) in [5.74, 6) is -1.16. The molecule has 0 amide bonds. The number of methoxy groups -OCH3 is 1. The van der Waals surface area contributed by atoms with Gasteiger partial charge in [-0.3, -0.25) is 4.79 Å². The zero-order valence-corrected chi connectivity index (χ0v) is 10.5. The summed E-state index contributed by atoms with van der Waals surface area (Å²) in [5, 5.41) is 0.0439. The molecule has 19 heavy (non-hydrogen) atoms. The normalized spacial score (nSPS) is 10.5. The Morgan fingerprint density at radius 3 is 2.79 bits per heavy atom. The number of aromatic amines is 1. The number of aromatic nitrogens is 1. The van der Waals surface area contributed by atoms with Gasteiger partial charge >= 0.3 is 5.97 Å². The lowest BCUT2D eigenvalue weighted by Gasteiger charge is -2.07. The summed E-state index contributed by atoms with van der Waals surface area (Å²) in [6.45, 7) is 1.79. The van der Waals surface area contributed by atoms with E-state index in [4.69, 9.17) is 9.47 Å². The topological polar surface area (TPSA) is 68.4 Å². The van der Waals surface area contributed by atoms with Gasteiger partial charge in [0.25, 0.3) is 0 Å². The molecule has 0 aliphatic heterocycles. The molecule has 0 aliphatic rings. The fourth-order valence-electron chi connectivity index (χ4n) is 1.79. The molecule has 1 heterocycles. The predicted octanol–water partition coefficient (Wildman–Crippen LogP) is 1.85. The van der Waals surface area contributed by atoms with Gasteiger partial charge in [-0.05, 0) is 13.0 Å². The third-order valence-corrected chi connectivity index (χ3v) is 2.63. The monoisotopic (exact) mass is 265 g/mol. The molecule has 5 nitrogen and oxygen atoms in total. The first-order chi connectivity index (χ1) is 9.08. The molecule has 6 heteroatoms. The molecule has 2 aromatic rings. The molecule has 0 spiro atoms. The summed E-state index contributed by atoms with van der Waals surface area (Å²) in [6.07, 6.45) is 1.24. The van der Waals surface area contributed by atoms with Gasteiger partial charge in [-0.15, -0.1) is 0 Å². The van der Waals surface area contributed by atoms with Gasteiger partial charge in [-0.2, -0.15) is 0 Å². The number of hydrogen-bond donors (Lipinski definition) is 1. The Kier molecular flexibility index (Phi) is 3.50. The Morgan fingerprint density at radius 1 is 1.42 bits per heavy atom. The van der Waals surface area contributed by atoms with Gasteiger partial charge in [0.1, 0.15) is 17.1 Å². The smallest absolute Gasteiger partial charge is 0.343 e. The van der Waals surface area contributed by atoms with E-state index < -0.39 is 17.2 Å². The molecule has 0 unspecified atom stereocenters. The van der Waals surface area contributed by atoms with Gasteiger partial charge in [0.05, 0.1) is 24.6 Å². The molecule has 1 aromatic carbocycles. The predicted molar refractivity (Wildman–Crippen MR) is 67.0 cm³/mol. The van der Waals surface area contributed by atoms with Crippen molar-refractivity contribution < 1.29 is 18.7 Å². The quantitative estimate of drug-likeness (QED) is 0.860. The fourth-order valence-corrected chi connectivity index (χ4v) is 1.79. The number of benzene rings is 1. The van der Waals surface area contributed by atoms with Crippen LogP contribution < -0.4 is 10.2 Å². The summed E-state index contributed by atoms with van der Waals surface area (Å²) in [7, 11) is 1.37. The van der Waals surface area contributed by atoms with E-state index in [-0.39, 0.29) is 23.3 Å². The highest BCUT2D eigenvalue weighted by Crippen LogP contribution is 2.23. The standard InChI is InChI=1S/C13H12FNO4/c1-3-19-13(17)9-6-15-11-8(12(9)16)4-7(14)5-10(11)18-2/h4-6H,3H2,1-2H3,(H,15,16). The molecule has 0 bridgehead atoms. The minimum Gasteiger partial charge on any atom is -0.494 e. The number of hydrogen-bond acceptors (Lipinski definition) is 4. The van der Waals surface area contributed by atoms with Crippen molar-refractivity contribution >= 4 is 16.9 Å². The van der Waals surface area contributed by atoms with Crippen LogP contribution in [-0.2, 0) is 4.74 Å². The largest absolute Gasteiger partial charge is 0.494 e. The Hall–Kier alpha value is -2.37. The minimum absolute atomic E-state index is 0.0439. The maximum Gasteiger partial charge on any atom is 0.343 e. The van der Waals surface area contributed by atoms with Crippen molar-refractivity contribution in [3.63, 3.8) is 0 Å². The molecular weight excluding hydrogens is 253 g/mol. The first-order valence-electron chi connectivity index (χ1n) is 5.64. The molecule has 0 radical (unpaired) electrons. The number of carbonyl (C=O) groups excluding carboxylic acids is 1. The van der Waals surface area contributed by atoms with Crippen molar-refractivity contribution in [3.8, 4) is 5.75 Å². The number of H-pyrrole nitrogens is 1. The summed E-state index contributed by atoms with van der Waals surface area (Å²) < 4.78 is 23.1. The zero-order valence-electron chi connectivity index (χ0n) is 10.5. The van der Waals surface area contributed by atoms with Gasteiger partial charge in [-0.1, -0.05) is 0 Å². The highest BCUT2D eigenvalue weighted by atomic mass is 19.1. The van der Waals surface area contributed by atoms with Gasteiger partial charge < -0.3 is 14.5 Å². The summed E-state index contributed by atoms with van der Waals surface area (Å²) >= 11 is 0. The Morgan fingerprint density at radius 2 is 2.16 bits per heavy atom. The van der Waals surface area contributed by atoms with Crippen LogP contribution in [-0.4, -0.2) is 24.7 Å². The number of carbonyl (C=O) groups is 1. The number of esters is 1. The molecule has 1 N–H and O–H groups in total. The summed E-state index contributed by atoms with van der Waals surface area (Å²) in [5.41, 5.74) is -0.422. The maximum atomic E-state index is 13.4. The van der Waals surface area contributed by atoms with Gasteiger partial charge in [-0.25, -0.2) is 9.18 Å². The second-order valence-corrected chi connectivity index (χ2v) is 3.78. The van der Waals surface area contributed by atoms with E-state index in [9.17, 15) is 14.0 Å². The van der Waals surface area contributed by atoms with E-state index in [0.717, 1.165) is 12.1 Å². The molecule has 0 aliphatic carbocycles. The summed E-state index contributed by atoms with van der Waals surface area (Å²) in [6, 6.07) is 2.21. The number of halogens is 1. The van der Waals surface area contributed by atoms with Gasteiger partial charge in [0, 0.05) is 12.3 Å².